The van der Waals surface area contributed by atoms with E-state index in [-0.39, 0.29) is 6.54 Å². The lowest BCUT2D eigenvalue weighted by molar-refractivity contribution is -0.131. The average molecular weight is 280 g/mol. The summed E-state index contributed by atoms with van der Waals surface area (Å²) in [6.45, 7) is 3.30. The Morgan fingerprint density at radius 2 is 1.90 bits per heavy atom. The lowest BCUT2D eigenvalue weighted by atomic mass is 9.92. The molecular weight excluding hydrogens is 260 g/mol. The summed E-state index contributed by atoms with van der Waals surface area (Å²) in [6, 6.07) is 6.50. The lowest BCUT2D eigenvalue weighted by Crippen LogP contribution is -2.43. The van der Waals surface area contributed by atoms with E-state index in [1.807, 2.05) is 0 Å². The second-order valence-electron chi connectivity index (χ2n) is 5.14. The highest BCUT2D eigenvalue weighted by atomic mass is 16.5. The van der Waals surface area contributed by atoms with Crippen LogP contribution in [0.15, 0.2) is 24.3 Å². The molecule has 0 spiro atoms. The molecule has 0 bridgehead atoms. The van der Waals surface area contributed by atoms with Crippen LogP contribution in [0.3, 0.4) is 0 Å². The number of primary amides is 1. The van der Waals surface area contributed by atoms with Gasteiger partial charge >= 0.3 is 0 Å². The van der Waals surface area contributed by atoms with E-state index >= 15 is 0 Å². The molecule has 4 N–H and O–H groups in total. The van der Waals surface area contributed by atoms with E-state index in [9.17, 15) is 14.7 Å². The van der Waals surface area contributed by atoms with Crippen LogP contribution in [0.2, 0.25) is 0 Å². The van der Waals surface area contributed by atoms with Crippen molar-refractivity contribution < 1.29 is 19.4 Å². The van der Waals surface area contributed by atoms with Crippen LogP contribution in [0.5, 0.6) is 5.75 Å². The number of nitrogens with two attached hydrogens (primary N) is 1. The Hall–Kier alpha value is -2.08. The molecule has 0 aliphatic heterocycles. The van der Waals surface area contributed by atoms with E-state index in [4.69, 9.17) is 10.5 Å². The molecule has 0 saturated carbocycles. The van der Waals surface area contributed by atoms with Gasteiger partial charge in [-0.25, -0.2) is 0 Å². The lowest BCUT2D eigenvalue weighted by Gasteiger charge is -2.21. The SMILES string of the molecule is COc1ccc([C@@H](O)C(=O)NCC(C)(C)C(N)=O)cc1. The van der Waals surface area contributed by atoms with E-state index in [1.54, 1.807) is 38.1 Å². The van der Waals surface area contributed by atoms with Crippen LogP contribution in [0.1, 0.15) is 25.5 Å². The van der Waals surface area contributed by atoms with Crippen molar-refractivity contribution in [3.05, 3.63) is 29.8 Å². The maximum atomic E-state index is 11.8. The fourth-order valence-corrected chi connectivity index (χ4v) is 1.43. The monoisotopic (exact) mass is 280 g/mol. The first-order valence-electron chi connectivity index (χ1n) is 6.17. The van der Waals surface area contributed by atoms with Crippen molar-refractivity contribution in [2.24, 2.45) is 11.1 Å². The highest BCUT2D eigenvalue weighted by Crippen LogP contribution is 2.18. The second kappa shape index (κ2) is 6.38. The highest BCUT2D eigenvalue weighted by Gasteiger charge is 2.27. The van der Waals surface area contributed by atoms with Crippen molar-refractivity contribution >= 4 is 11.8 Å². The molecule has 1 aromatic rings. The molecule has 0 aliphatic carbocycles. The third kappa shape index (κ3) is 3.96. The van der Waals surface area contributed by atoms with E-state index in [0.717, 1.165) is 0 Å². The molecule has 0 unspecified atom stereocenters. The van der Waals surface area contributed by atoms with Gasteiger partial charge in [-0.15, -0.1) is 0 Å². The molecule has 6 nitrogen and oxygen atoms in total. The zero-order valence-corrected chi connectivity index (χ0v) is 11.8. The zero-order chi connectivity index (χ0) is 15.3. The van der Waals surface area contributed by atoms with E-state index < -0.39 is 23.3 Å². The maximum absolute atomic E-state index is 11.8. The maximum Gasteiger partial charge on any atom is 0.253 e. The molecule has 0 saturated heterocycles. The molecule has 1 aromatic carbocycles. The van der Waals surface area contributed by atoms with Gasteiger partial charge in [-0.2, -0.15) is 0 Å². The number of aliphatic hydroxyl groups excluding tert-OH is 1. The number of carbonyl (C=O) groups is 2. The van der Waals surface area contributed by atoms with Gasteiger partial charge in [0.1, 0.15) is 5.75 Å². The minimum atomic E-state index is -1.30. The van der Waals surface area contributed by atoms with Crippen LogP contribution in [0.4, 0.5) is 0 Å². The molecule has 0 aliphatic rings. The Bertz CT molecular complexity index is 482. The molecule has 6 heteroatoms. The molecule has 2 amide bonds. The van der Waals surface area contributed by atoms with E-state index in [1.165, 1.54) is 7.11 Å². The first kappa shape index (κ1) is 16.0. The number of hydrogen-bond donors (Lipinski definition) is 3. The average Bonchev–Trinajstić information content (AvgIpc) is 2.44. The fraction of sp³-hybridized carbons (Fsp3) is 0.429. The molecule has 0 heterocycles. The Morgan fingerprint density at radius 3 is 2.35 bits per heavy atom. The van der Waals surface area contributed by atoms with Gasteiger partial charge in [-0.1, -0.05) is 12.1 Å². The number of carbonyl (C=O) groups excluding carboxylic acids is 2. The van der Waals surface area contributed by atoms with Crippen molar-refractivity contribution in [2.45, 2.75) is 20.0 Å². The summed E-state index contributed by atoms with van der Waals surface area (Å²) >= 11 is 0. The molecule has 1 rings (SSSR count). The third-order valence-corrected chi connectivity index (χ3v) is 3.05. The highest BCUT2D eigenvalue weighted by molar-refractivity contribution is 5.84. The Balaban J connectivity index is 2.65. The standard InChI is InChI=1S/C14H20N2O4/c1-14(2,13(15)19)8-16-12(18)11(17)9-4-6-10(20-3)7-5-9/h4-7,11,17H,8H2,1-3H3,(H2,15,19)(H,16,18)/t11-/m1/s1. The summed E-state index contributed by atoms with van der Waals surface area (Å²) in [4.78, 5) is 23.0. The predicted molar refractivity (Wildman–Crippen MR) is 73.9 cm³/mol. The number of benzene rings is 1. The molecule has 20 heavy (non-hydrogen) atoms. The number of ether oxygens (including phenoxy) is 1. The van der Waals surface area contributed by atoms with Crippen molar-refractivity contribution in [1.82, 2.24) is 5.32 Å². The minimum Gasteiger partial charge on any atom is -0.497 e. The first-order valence-corrected chi connectivity index (χ1v) is 6.17. The Labute approximate surface area is 117 Å². The normalized spacial score (nSPS) is 12.6. The largest absolute Gasteiger partial charge is 0.497 e. The molecule has 1 atom stereocenters. The summed E-state index contributed by atoms with van der Waals surface area (Å²) < 4.78 is 4.99. The van der Waals surface area contributed by atoms with Crippen LogP contribution >= 0.6 is 0 Å². The van der Waals surface area contributed by atoms with Crippen molar-refractivity contribution in [2.75, 3.05) is 13.7 Å². The van der Waals surface area contributed by atoms with Crippen LogP contribution in [0.25, 0.3) is 0 Å². The molecular formula is C14H20N2O4. The Kier molecular flexibility index (Phi) is 5.10. The molecule has 0 fully saturated rings. The van der Waals surface area contributed by atoms with Gasteiger partial charge in [0, 0.05) is 6.54 Å². The number of aliphatic hydroxyl groups is 1. The first-order chi connectivity index (χ1) is 9.27. The quantitative estimate of drug-likeness (QED) is 0.700. The Morgan fingerprint density at radius 1 is 1.35 bits per heavy atom. The number of methoxy groups -OCH3 is 1. The number of nitrogens with one attached hydrogen (secondary N) is 1. The molecule has 0 aromatic heterocycles. The van der Waals surface area contributed by atoms with Crippen LogP contribution < -0.4 is 15.8 Å². The summed E-state index contributed by atoms with van der Waals surface area (Å²) in [5, 5.41) is 12.4. The van der Waals surface area contributed by atoms with Crippen molar-refractivity contribution in [1.29, 1.82) is 0 Å². The van der Waals surface area contributed by atoms with Gasteiger partial charge in [-0.05, 0) is 31.5 Å². The van der Waals surface area contributed by atoms with Gasteiger partial charge in [0.2, 0.25) is 5.91 Å². The third-order valence-electron chi connectivity index (χ3n) is 3.05. The number of hydrogen-bond acceptors (Lipinski definition) is 4. The zero-order valence-electron chi connectivity index (χ0n) is 11.8. The van der Waals surface area contributed by atoms with Crippen LogP contribution in [0, 0.1) is 5.41 Å². The second-order valence-corrected chi connectivity index (χ2v) is 5.14. The van der Waals surface area contributed by atoms with E-state index in [0.29, 0.717) is 11.3 Å². The fourth-order valence-electron chi connectivity index (χ4n) is 1.43. The van der Waals surface area contributed by atoms with Gasteiger partial charge in [0.15, 0.2) is 6.10 Å². The topological polar surface area (TPSA) is 102 Å². The van der Waals surface area contributed by atoms with Crippen molar-refractivity contribution in [3.63, 3.8) is 0 Å². The summed E-state index contributed by atoms with van der Waals surface area (Å²) in [5.74, 6) is -0.461. The van der Waals surface area contributed by atoms with Crippen LogP contribution in [-0.2, 0) is 9.59 Å². The van der Waals surface area contributed by atoms with Crippen molar-refractivity contribution in [3.8, 4) is 5.75 Å². The van der Waals surface area contributed by atoms with Gasteiger partial charge in [0.25, 0.3) is 5.91 Å². The van der Waals surface area contributed by atoms with Crippen LogP contribution in [-0.4, -0.2) is 30.6 Å². The summed E-state index contributed by atoms with van der Waals surface area (Å²) in [7, 11) is 1.53. The number of rotatable bonds is 6. The van der Waals surface area contributed by atoms with Gasteiger partial charge in [0.05, 0.1) is 12.5 Å². The summed E-state index contributed by atoms with van der Waals surface area (Å²) in [6.07, 6.45) is -1.30. The van der Waals surface area contributed by atoms with Gasteiger partial charge in [-0.3, -0.25) is 9.59 Å². The molecule has 110 valence electrons. The molecule has 0 radical (unpaired) electrons. The van der Waals surface area contributed by atoms with Gasteiger partial charge < -0.3 is 20.9 Å². The predicted octanol–water partition coefficient (Wildman–Crippen LogP) is 0.356. The smallest absolute Gasteiger partial charge is 0.253 e. The minimum absolute atomic E-state index is 0.0639. The van der Waals surface area contributed by atoms with E-state index in [2.05, 4.69) is 5.32 Å². The summed E-state index contributed by atoms with van der Waals surface area (Å²) in [5.41, 5.74) is 4.79. The number of amides is 2.